The average Bonchev–Trinajstić information content (AvgIpc) is 2.87. The Bertz CT molecular complexity index is 708. The topological polar surface area (TPSA) is 54.2 Å². The highest BCUT2D eigenvalue weighted by Crippen LogP contribution is 2.07. The van der Waals surface area contributed by atoms with Gasteiger partial charge in [-0.05, 0) is 45.2 Å². The normalized spacial score (nSPS) is 12.4. The van der Waals surface area contributed by atoms with E-state index in [4.69, 9.17) is 4.99 Å². The van der Waals surface area contributed by atoms with Gasteiger partial charge in [0.25, 0.3) is 0 Å². The monoisotopic (exact) mass is 469 g/mol. The lowest BCUT2D eigenvalue weighted by Crippen LogP contribution is -2.40. The molecule has 0 aliphatic rings. The van der Waals surface area contributed by atoms with Crippen LogP contribution in [0, 0.1) is 26.7 Å². The van der Waals surface area contributed by atoms with Crippen LogP contribution in [-0.4, -0.2) is 28.8 Å². The van der Waals surface area contributed by atoms with E-state index in [1.165, 1.54) is 16.8 Å². The van der Waals surface area contributed by atoms with E-state index in [1.807, 2.05) is 6.92 Å². The molecule has 0 bridgehead atoms. The molecular weight excluding hydrogens is 437 g/mol. The fraction of sp³-hybridized carbons (Fsp3) is 0.500. The number of halogens is 1. The van der Waals surface area contributed by atoms with E-state index in [-0.39, 0.29) is 24.0 Å². The lowest BCUT2D eigenvalue weighted by Gasteiger charge is -2.16. The van der Waals surface area contributed by atoms with Crippen LogP contribution >= 0.6 is 24.0 Å². The Hall–Kier alpha value is -1.57. The van der Waals surface area contributed by atoms with Crippen LogP contribution in [0.25, 0.3) is 0 Å². The third kappa shape index (κ3) is 7.35. The average molecular weight is 469 g/mol. The van der Waals surface area contributed by atoms with Crippen molar-refractivity contribution in [3.05, 3.63) is 52.8 Å². The minimum atomic E-state index is 0. The number of guanidine groups is 1. The van der Waals surface area contributed by atoms with Crippen LogP contribution in [-0.2, 0) is 13.1 Å². The summed E-state index contributed by atoms with van der Waals surface area (Å²) < 4.78 is 2.08. The number of hydrogen-bond acceptors (Lipinski definition) is 2. The number of nitrogens with zero attached hydrogens (tertiary/aromatic N) is 3. The van der Waals surface area contributed by atoms with Gasteiger partial charge in [-0.3, -0.25) is 4.68 Å². The Morgan fingerprint density at radius 3 is 2.58 bits per heavy atom. The SMILES string of the molecule is CCNC(=NCc1cccc(C)c1)NCC(C)Cn1nc(C)cc1C.I. The minimum Gasteiger partial charge on any atom is -0.357 e. The molecule has 2 aromatic rings. The number of aryl methyl sites for hydroxylation is 3. The number of benzene rings is 1. The number of aliphatic imine (C=N–C) groups is 1. The van der Waals surface area contributed by atoms with Gasteiger partial charge in [0.15, 0.2) is 5.96 Å². The maximum Gasteiger partial charge on any atom is 0.191 e. The largest absolute Gasteiger partial charge is 0.357 e. The van der Waals surface area contributed by atoms with Crippen molar-refractivity contribution in [1.82, 2.24) is 20.4 Å². The molecule has 5 nitrogen and oxygen atoms in total. The van der Waals surface area contributed by atoms with Crippen LogP contribution in [0.15, 0.2) is 35.3 Å². The van der Waals surface area contributed by atoms with Crippen LogP contribution in [0.3, 0.4) is 0 Å². The summed E-state index contributed by atoms with van der Waals surface area (Å²) >= 11 is 0. The van der Waals surface area contributed by atoms with E-state index in [0.717, 1.165) is 31.3 Å². The summed E-state index contributed by atoms with van der Waals surface area (Å²) in [6.45, 7) is 13.9. The lowest BCUT2D eigenvalue weighted by molar-refractivity contribution is 0.436. The molecule has 0 radical (unpaired) electrons. The molecule has 0 saturated carbocycles. The lowest BCUT2D eigenvalue weighted by atomic mass is 10.1. The molecule has 1 unspecified atom stereocenters. The predicted octanol–water partition coefficient (Wildman–Crippen LogP) is 3.82. The van der Waals surface area contributed by atoms with Gasteiger partial charge in [-0.15, -0.1) is 24.0 Å². The first-order valence-electron chi connectivity index (χ1n) is 9.06. The molecule has 2 N–H and O–H groups in total. The first-order valence-corrected chi connectivity index (χ1v) is 9.06. The molecule has 0 saturated heterocycles. The minimum absolute atomic E-state index is 0. The number of rotatable bonds is 7. The molecule has 144 valence electrons. The molecule has 0 fully saturated rings. The van der Waals surface area contributed by atoms with Crippen molar-refractivity contribution in [1.29, 1.82) is 0 Å². The van der Waals surface area contributed by atoms with Gasteiger partial charge in [0.2, 0.25) is 0 Å². The van der Waals surface area contributed by atoms with E-state index in [1.54, 1.807) is 0 Å². The van der Waals surface area contributed by atoms with Crippen LogP contribution in [0.2, 0.25) is 0 Å². The molecule has 1 heterocycles. The fourth-order valence-corrected chi connectivity index (χ4v) is 2.81. The maximum absolute atomic E-state index is 4.70. The molecule has 0 aliphatic carbocycles. The number of hydrogen-bond donors (Lipinski definition) is 2. The van der Waals surface area contributed by atoms with Crippen molar-refractivity contribution in [2.75, 3.05) is 13.1 Å². The van der Waals surface area contributed by atoms with Gasteiger partial charge in [0.05, 0.1) is 12.2 Å². The van der Waals surface area contributed by atoms with Crippen LogP contribution in [0.5, 0.6) is 0 Å². The van der Waals surface area contributed by atoms with Crippen molar-refractivity contribution in [3.8, 4) is 0 Å². The summed E-state index contributed by atoms with van der Waals surface area (Å²) in [6, 6.07) is 10.6. The Morgan fingerprint density at radius 1 is 1.19 bits per heavy atom. The zero-order valence-corrected chi connectivity index (χ0v) is 18.9. The summed E-state index contributed by atoms with van der Waals surface area (Å²) in [5, 5.41) is 11.3. The van der Waals surface area contributed by atoms with Gasteiger partial charge in [-0.1, -0.05) is 36.8 Å². The molecule has 1 aromatic heterocycles. The van der Waals surface area contributed by atoms with E-state index < -0.39 is 0 Å². The number of aromatic nitrogens is 2. The van der Waals surface area contributed by atoms with Gasteiger partial charge < -0.3 is 10.6 Å². The van der Waals surface area contributed by atoms with Crippen molar-refractivity contribution in [2.45, 2.75) is 47.7 Å². The van der Waals surface area contributed by atoms with Gasteiger partial charge in [-0.25, -0.2) is 4.99 Å². The second kappa shape index (κ2) is 11.2. The summed E-state index contributed by atoms with van der Waals surface area (Å²) in [7, 11) is 0. The van der Waals surface area contributed by atoms with E-state index >= 15 is 0 Å². The molecule has 1 atom stereocenters. The smallest absolute Gasteiger partial charge is 0.191 e. The number of nitrogens with one attached hydrogen (secondary N) is 2. The Labute approximate surface area is 174 Å². The third-order valence-electron chi connectivity index (χ3n) is 4.05. The van der Waals surface area contributed by atoms with Crippen molar-refractivity contribution < 1.29 is 0 Å². The molecule has 6 heteroatoms. The molecule has 1 aromatic carbocycles. The van der Waals surface area contributed by atoms with Crippen molar-refractivity contribution >= 4 is 29.9 Å². The van der Waals surface area contributed by atoms with Crippen molar-refractivity contribution in [2.24, 2.45) is 10.9 Å². The zero-order chi connectivity index (χ0) is 18.2. The second-order valence-electron chi connectivity index (χ2n) is 6.78. The highest BCUT2D eigenvalue weighted by atomic mass is 127. The summed E-state index contributed by atoms with van der Waals surface area (Å²) in [5.41, 5.74) is 4.78. The first kappa shape index (κ1) is 22.5. The van der Waals surface area contributed by atoms with Crippen LogP contribution < -0.4 is 10.6 Å². The standard InChI is InChI=1S/C20H31N5.HI/c1-6-21-20(23-13-19-9-7-8-15(2)10-19)22-12-16(3)14-25-18(5)11-17(4)24-25;/h7-11,16H,6,12-14H2,1-5H3,(H2,21,22,23);1H. The maximum atomic E-state index is 4.70. The quantitative estimate of drug-likeness (QED) is 0.369. The predicted molar refractivity (Wildman–Crippen MR) is 120 cm³/mol. The first-order chi connectivity index (χ1) is 12.0. The molecular formula is C20H32IN5. The zero-order valence-electron chi connectivity index (χ0n) is 16.5. The Balaban J connectivity index is 0.00000338. The van der Waals surface area contributed by atoms with E-state index in [2.05, 4.69) is 78.4 Å². The molecule has 0 aliphatic heterocycles. The van der Waals surface area contributed by atoms with Gasteiger partial charge >= 0.3 is 0 Å². The highest BCUT2D eigenvalue weighted by molar-refractivity contribution is 14.0. The Morgan fingerprint density at radius 2 is 1.96 bits per heavy atom. The van der Waals surface area contributed by atoms with E-state index in [9.17, 15) is 0 Å². The van der Waals surface area contributed by atoms with E-state index in [0.29, 0.717) is 12.5 Å². The second-order valence-corrected chi connectivity index (χ2v) is 6.78. The highest BCUT2D eigenvalue weighted by Gasteiger charge is 2.08. The third-order valence-corrected chi connectivity index (χ3v) is 4.05. The Kier molecular flexibility index (Phi) is 9.69. The molecule has 2 rings (SSSR count). The molecule has 0 amide bonds. The van der Waals surface area contributed by atoms with Gasteiger partial charge in [0, 0.05) is 25.3 Å². The summed E-state index contributed by atoms with van der Waals surface area (Å²) in [6.07, 6.45) is 0. The van der Waals surface area contributed by atoms with Crippen molar-refractivity contribution in [3.63, 3.8) is 0 Å². The summed E-state index contributed by atoms with van der Waals surface area (Å²) in [5.74, 6) is 1.32. The van der Waals surface area contributed by atoms with Crippen LogP contribution in [0.1, 0.15) is 36.4 Å². The molecule has 26 heavy (non-hydrogen) atoms. The fourth-order valence-electron chi connectivity index (χ4n) is 2.81. The molecule has 0 spiro atoms. The van der Waals surface area contributed by atoms with Crippen LogP contribution in [0.4, 0.5) is 0 Å². The van der Waals surface area contributed by atoms with Gasteiger partial charge in [-0.2, -0.15) is 5.10 Å². The van der Waals surface area contributed by atoms with Gasteiger partial charge in [0.1, 0.15) is 0 Å². The summed E-state index contributed by atoms with van der Waals surface area (Å²) in [4.78, 5) is 4.70.